The van der Waals surface area contributed by atoms with Crippen LogP contribution in [0.4, 0.5) is 0 Å². The van der Waals surface area contributed by atoms with E-state index in [1.54, 1.807) is 7.11 Å². The summed E-state index contributed by atoms with van der Waals surface area (Å²) in [5.41, 5.74) is 3.42. The first-order valence-electron chi connectivity index (χ1n) is 6.57. The van der Waals surface area contributed by atoms with Crippen molar-refractivity contribution in [2.24, 2.45) is 7.05 Å². The third-order valence-corrected chi connectivity index (χ3v) is 3.83. The molecule has 2 rings (SSSR count). The number of nitrogens with one attached hydrogen (secondary N) is 1. The molecule has 2 aromatic rings. The molecule has 0 aliphatic rings. The van der Waals surface area contributed by atoms with E-state index in [-0.39, 0.29) is 6.04 Å². The van der Waals surface area contributed by atoms with E-state index in [0.29, 0.717) is 5.02 Å². The van der Waals surface area contributed by atoms with Crippen LogP contribution < -0.4 is 10.1 Å². The lowest BCUT2D eigenvalue weighted by molar-refractivity contribution is 0.401. The average molecular weight is 294 g/mol. The van der Waals surface area contributed by atoms with Crippen LogP contribution in [0.15, 0.2) is 24.4 Å². The molecule has 0 aliphatic heterocycles. The van der Waals surface area contributed by atoms with Gasteiger partial charge in [0.1, 0.15) is 5.75 Å². The molecule has 0 fully saturated rings. The Morgan fingerprint density at radius 2 is 2.20 bits per heavy atom. The fraction of sp³-hybridized carbons (Fsp3) is 0.400. The summed E-state index contributed by atoms with van der Waals surface area (Å²) >= 11 is 6.07. The molecule has 20 heavy (non-hydrogen) atoms. The molecule has 0 aliphatic carbocycles. The SMILES string of the molecule is COc1ccc(Cl)cc1[C@H](C)NCc1cnn(C)c1C. The van der Waals surface area contributed by atoms with Gasteiger partial charge in [0.05, 0.1) is 13.3 Å². The van der Waals surface area contributed by atoms with Crippen molar-refractivity contribution >= 4 is 11.6 Å². The minimum absolute atomic E-state index is 0.142. The Kier molecular flexibility index (Phi) is 4.68. The second-order valence-electron chi connectivity index (χ2n) is 4.87. The van der Waals surface area contributed by atoms with Crippen LogP contribution in [0.2, 0.25) is 5.02 Å². The van der Waals surface area contributed by atoms with Crippen LogP contribution in [0.1, 0.15) is 29.8 Å². The quantitative estimate of drug-likeness (QED) is 0.920. The molecule has 0 unspecified atom stereocenters. The highest BCUT2D eigenvalue weighted by atomic mass is 35.5. The molecular formula is C15H20ClN3O. The number of halogens is 1. The van der Waals surface area contributed by atoms with Crippen LogP contribution in [0, 0.1) is 6.92 Å². The number of aryl methyl sites for hydroxylation is 1. The molecule has 5 heteroatoms. The first-order valence-corrected chi connectivity index (χ1v) is 6.95. The third-order valence-electron chi connectivity index (χ3n) is 3.59. The number of rotatable bonds is 5. The van der Waals surface area contributed by atoms with E-state index in [4.69, 9.17) is 16.3 Å². The Bertz CT molecular complexity index is 595. The van der Waals surface area contributed by atoms with E-state index in [2.05, 4.69) is 24.3 Å². The largest absolute Gasteiger partial charge is 0.496 e. The minimum atomic E-state index is 0.142. The van der Waals surface area contributed by atoms with Crippen molar-refractivity contribution in [2.75, 3.05) is 7.11 Å². The lowest BCUT2D eigenvalue weighted by Gasteiger charge is -2.17. The number of nitrogens with zero attached hydrogens (tertiary/aromatic N) is 2. The molecule has 1 N–H and O–H groups in total. The fourth-order valence-electron chi connectivity index (χ4n) is 2.13. The summed E-state index contributed by atoms with van der Waals surface area (Å²) in [5.74, 6) is 0.845. The van der Waals surface area contributed by atoms with Gasteiger partial charge in [-0.1, -0.05) is 11.6 Å². The first-order chi connectivity index (χ1) is 9.52. The van der Waals surface area contributed by atoms with E-state index in [1.165, 1.54) is 11.3 Å². The predicted octanol–water partition coefficient (Wildman–Crippen LogP) is 3.24. The van der Waals surface area contributed by atoms with E-state index in [9.17, 15) is 0 Å². The minimum Gasteiger partial charge on any atom is -0.496 e. The maximum atomic E-state index is 6.07. The maximum Gasteiger partial charge on any atom is 0.123 e. The molecule has 1 atom stereocenters. The Labute approximate surface area is 124 Å². The summed E-state index contributed by atoms with van der Waals surface area (Å²) < 4.78 is 7.26. The smallest absolute Gasteiger partial charge is 0.123 e. The predicted molar refractivity (Wildman–Crippen MR) is 81.2 cm³/mol. The first kappa shape index (κ1) is 14.9. The number of hydrogen-bond donors (Lipinski definition) is 1. The second kappa shape index (κ2) is 6.29. The molecule has 0 radical (unpaired) electrons. The Morgan fingerprint density at radius 3 is 2.80 bits per heavy atom. The van der Waals surface area contributed by atoms with Gasteiger partial charge in [-0.05, 0) is 32.0 Å². The van der Waals surface area contributed by atoms with Gasteiger partial charge in [0.15, 0.2) is 0 Å². The molecule has 1 heterocycles. The number of benzene rings is 1. The van der Waals surface area contributed by atoms with Crippen LogP contribution in [0.5, 0.6) is 5.75 Å². The molecule has 0 amide bonds. The number of hydrogen-bond acceptors (Lipinski definition) is 3. The summed E-state index contributed by atoms with van der Waals surface area (Å²) in [6.45, 7) is 4.92. The lowest BCUT2D eigenvalue weighted by Crippen LogP contribution is -2.19. The monoisotopic (exact) mass is 293 g/mol. The van der Waals surface area contributed by atoms with Gasteiger partial charge in [0, 0.05) is 41.5 Å². The van der Waals surface area contributed by atoms with Gasteiger partial charge in [-0.25, -0.2) is 0 Å². The van der Waals surface area contributed by atoms with Gasteiger partial charge in [0.2, 0.25) is 0 Å². The molecule has 4 nitrogen and oxygen atoms in total. The van der Waals surface area contributed by atoms with Crippen molar-refractivity contribution < 1.29 is 4.74 Å². The fourth-order valence-corrected chi connectivity index (χ4v) is 2.31. The van der Waals surface area contributed by atoms with Crippen LogP contribution >= 0.6 is 11.6 Å². The summed E-state index contributed by atoms with van der Waals surface area (Å²) in [6.07, 6.45) is 1.89. The summed E-state index contributed by atoms with van der Waals surface area (Å²) in [7, 11) is 3.62. The summed E-state index contributed by atoms with van der Waals surface area (Å²) in [6, 6.07) is 5.81. The zero-order valence-corrected chi connectivity index (χ0v) is 13.0. The van der Waals surface area contributed by atoms with Crippen molar-refractivity contribution in [3.05, 3.63) is 46.2 Å². The van der Waals surface area contributed by atoms with E-state index >= 15 is 0 Å². The van der Waals surface area contributed by atoms with Crippen molar-refractivity contribution in [3.8, 4) is 5.75 Å². The Hall–Kier alpha value is -1.52. The van der Waals surface area contributed by atoms with Gasteiger partial charge in [-0.15, -0.1) is 0 Å². The van der Waals surface area contributed by atoms with Crippen LogP contribution in [-0.4, -0.2) is 16.9 Å². The van der Waals surface area contributed by atoms with E-state index in [0.717, 1.165) is 17.9 Å². The van der Waals surface area contributed by atoms with Gasteiger partial charge >= 0.3 is 0 Å². The summed E-state index contributed by atoms with van der Waals surface area (Å²) in [5, 5.41) is 8.44. The topological polar surface area (TPSA) is 39.1 Å². The van der Waals surface area contributed by atoms with Crippen LogP contribution in [0.3, 0.4) is 0 Å². The molecule has 0 bridgehead atoms. The van der Waals surface area contributed by atoms with Crippen LogP contribution in [-0.2, 0) is 13.6 Å². The van der Waals surface area contributed by atoms with Gasteiger partial charge in [0.25, 0.3) is 0 Å². The molecular weight excluding hydrogens is 274 g/mol. The lowest BCUT2D eigenvalue weighted by atomic mass is 10.1. The van der Waals surface area contributed by atoms with E-state index in [1.807, 2.05) is 36.1 Å². The normalized spacial score (nSPS) is 12.4. The molecule has 1 aromatic heterocycles. The van der Waals surface area contributed by atoms with Crippen molar-refractivity contribution in [1.29, 1.82) is 0 Å². The van der Waals surface area contributed by atoms with Crippen molar-refractivity contribution in [1.82, 2.24) is 15.1 Å². The number of ether oxygens (including phenoxy) is 1. The zero-order chi connectivity index (χ0) is 14.7. The molecule has 0 saturated heterocycles. The van der Waals surface area contributed by atoms with Gasteiger partial charge in [-0.2, -0.15) is 5.10 Å². The number of methoxy groups -OCH3 is 1. The van der Waals surface area contributed by atoms with Gasteiger partial charge in [-0.3, -0.25) is 4.68 Å². The average Bonchev–Trinajstić information content (AvgIpc) is 2.76. The second-order valence-corrected chi connectivity index (χ2v) is 5.30. The highest BCUT2D eigenvalue weighted by molar-refractivity contribution is 6.30. The molecule has 108 valence electrons. The standard InChI is InChI=1S/C15H20ClN3O/c1-10(14-7-13(16)5-6-15(14)20-4)17-8-12-9-18-19(3)11(12)2/h5-7,9-10,17H,8H2,1-4H3/t10-/m0/s1. The highest BCUT2D eigenvalue weighted by Crippen LogP contribution is 2.28. The molecule has 1 aromatic carbocycles. The Morgan fingerprint density at radius 1 is 1.45 bits per heavy atom. The molecule has 0 saturated carbocycles. The molecule has 0 spiro atoms. The van der Waals surface area contributed by atoms with Crippen molar-refractivity contribution in [3.63, 3.8) is 0 Å². The van der Waals surface area contributed by atoms with Crippen LogP contribution in [0.25, 0.3) is 0 Å². The van der Waals surface area contributed by atoms with E-state index < -0.39 is 0 Å². The maximum absolute atomic E-state index is 6.07. The highest BCUT2D eigenvalue weighted by Gasteiger charge is 2.13. The third kappa shape index (κ3) is 3.14. The van der Waals surface area contributed by atoms with Gasteiger partial charge < -0.3 is 10.1 Å². The number of aromatic nitrogens is 2. The zero-order valence-electron chi connectivity index (χ0n) is 12.3. The summed E-state index contributed by atoms with van der Waals surface area (Å²) in [4.78, 5) is 0. The Balaban J connectivity index is 2.10. The van der Waals surface area contributed by atoms with Crippen molar-refractivity contribution in [2.45, 2.75) is 26.4 Å².